The Morgan fingerprint density at radius 3 is 2.07 bits per heavy atom. The highest BCUT2D eigenvalue weighted by Gasteiger charge is 2.39. The first-order chi connectivity index (χ1) is 20.0. The Bertz CT molecular complexity index is 1240. The monoisotopic (exact) mass is 607 g/mol. The molecule has 7 nitrogen and oxygen atoms in total. The Hall–Kier alpha value is -3.11. The fourth-order valence-electron chi connectivity index (χ4n) is 6.27. The molecule has 1 saturated carbocycles. The van der Waals surface area contributed by atoms with Crippen molar-refractivity contribution in [2.45, 2.75) is 69.5 Å². The third-order valence-corrected chi connectivity index (χ3v) is 8.77. The quantitative estimate of drug-likeness (QED) is 0.326. The second-order valence-electron chi connectivity index (χ2n) is 11.2. The van der Waals surface area contributed by atoms with Crippen LogP contribution < -0.4 is 16.0 Å². The molecule has 2 unspecified atom stereocenters. The molecule has 2 aliphatic heterocycles. The number of amides is 2. The molecule has 42 heavy (non-hydrogen) atoms. The molecule has 2 aromatic rings. The van der Waals surface area contributed by atoms with Gasteiger partial charge in [0.25, 0.3) is 5.91 Å². The number of hydrogen-bond acceptors (Lipinski definition) is 4. The molecule has 0 radical (unpaired) electrons. The van der Waals surface area contributed by atoms with Crippen molar-refractivity contribution in [1.29, 1.82) is 0 Å². The Morgan fingerprint density at radius 2 is 1.52 bits per heavy atom. The van der Waals surface area contributed by atoms with Crippen molar-refractivity contribution in [1.82, 2.24) is 16.0 Å². The van der Waals surface area contributed by atoms with E-state index in [1.54, 1.807) is 0 Å². The zero-order chi connectivity index (χ0) is 30.3. The molecule has 2 saturated heterocycles. The Kier molecular flexibility index (Phi) is 10.9. The van der Waals surface area contributed by atoms with Crippen LogP contribution in [0, 0.1) is 11.8 Å². The molecule has 11 heteroatoms. The molecular formula is C31H37ClF3N3O4. The smallest absolute Gasteiger partial charge is 0.475 e. The summed E-state index contributed by atoms with van der Waals surface area (Å²) >= 11 is 6.91. The van der Waals surface area contributed by atoms with Gasteiger partial charge < -0.3 is 21.1 Å². The van der Waals surface area contributed by atoms with Crippen molar-refractivity contribution in [2.75, 3.05) is 19.6 Å². The van der Waals surface area contributed by atoms with E-state index < -0.39 is 12.1 Å². The van der Waals surface area contributed by atoms with E-state index in [2.05, 4.69) is 28.1 Å². The van der Waals surface area contributed by atoms with Gasteiger partial charge in [-0.05, 0) is 91.9 Å². The number of carbonyl (C=O) groups is 3. The van der Waals surface area contributed by atoms with Crippen molar-refractivity contribution in [3.05, 3.63) is 58.6 Å². The van der Waals surface area contributed by atoms with Crippen LogP contribution in [0.2, 0.25) is 5.02 Å². The number of benzene rings is 2. The third-order valence-electron chi connectivity index (χ3n) is 8.44. The van der Waals surface area contributed by atoms with Crippen LogP contribution >= 0.6 is 11.6 Å². The zero-order valence-electron chi connectivity index (χ0n) is 23.3. The van der Waals surface area contributed by atoms with Gasteiger partial charge in [-0.2, -0.15) is 13.2 Å². The molecule has 2 amide bonds. The number of carboxylic acid groups (broad SMARTS) is 1. The van der Waals surface area contributed by atoms with Crippen molar-refractivity contribution >= 4 is 29.4 Å². The normalized spacial score (nSPS) is 20.7. The number of nitrogens with one attached hydrogen (secondary N) is 3. The fraction of sp³-hybridized carbons (Fsp3) is 0.516. The van der Waals surface area contributed by atoms with Gasteiger partial charge in [-0.1, -0.05) is 55.1 Å². The highest BCUT2D eigenvalue weighted by atomic mass is 35.5. The SMILES string of the molecule is O=C(NC1CCNCC1)c1ccc(-c2ccc(C(C3CCCCC3)C3CCNC3=O)c(Cl)c2)cc1.O=C(O)C(F)(F)F. The molecule has 2 atom stereocenters. The second kappa shape index (κ2) is 14.4. The van der Waals surface area contributed by atoms with E-state index in [0.717, 1.165) is 60.6 Å². The highest BCUT2D eigenvalue weighted by Crippen LogP contribution is 2.45. The number of carboxylic acids is 1. The first-order valence-corrected chi connectivity index (χ1v) is 14.9. The lowest BCUT2D eigenvalue weighted by atomic mass is 9.70. The maximum absolute atomic E-state index is 12.7. The van der Waals surface area contributed by atoms with E-state index in [1.807, 2.05) is 30.3 Å². The summed E-state index contributed by atoms with van der Waals surface area (Å²) in [5, 5.41) is 17.4. The maximum atomic E-state index is 12.7. The number of aliphatic carboxylic acids is 1. The van der Waals surface area contributed by atoms with E-state index in [1.165, 1.54) is 32.1 Å². The van der Waals surface area contributed by atoms with Crippen LogP contribution in [0.15, 0.2) is 42.5 Å². The van der Waals surface area contributed by atoms with Gasteiger partial charge in [0.05, 0.1) is 0 Å². The number of hydrogen-bond donors (Lipinski definition) is 4. The summed E-state index contributed by atoms with van der Waals surface area (Å²) in [6.45, 7) is 2.67. The molecule has 1 aliphatic carbocycles. The minimum Gasteiger partial charge on any atom is -0.475 e. The molecule has 0 spiro atoms. The van der Waals surface area contributed by atoms with E-state index in [4.69, 9.17) is 21.5 Å². The average Bonchev–Trinajstić information content (AvgIpc) is 3.40. The summed E-state index contributed by atoms with van der Waals surface area (Å²) in [4.78, 5) is 34.2. The van der Waals surface area contributed by atoms with E-state index in [-0.39, 0.29) is 29.7 Å². The van der Waals surface area contributed by atoms with Gasteiger partial charge in [0, 0.05) is 29.1 Å². The molecule has 0 bridgehead atoms. The van der Waals surface area contributed by atoms with Crippen molar-refractivity contribution in [3.63, 3.8) is 0 Å². The summed E-state index contributed by atoms with van der Waals surface area (Å²) in [7, 11) is 0. The molecule has 3 fully saturated rings. The lowest BCUT2D eigenvalue weighted by Gasteiger charge is -2.34. The predicted molar refractivity (Wildman–Crippen MR) is 154 cm³/mol. The van der Waals surface area contributed by atoms with Crippen LogP contribution in [0.5, 0.6) is 0 Å². The van der Waals surface area contributed by atoms with Gasteiger partial charge in [0.1, 0.15) is 0 Å². The number of carbonyl (C=O) groups excluding carboxylic acids is 2. The number of piperidine rings is 1. The van der Waals surface area contributed by atoms with E-state index in [0.29, 0.717) is 11.5 Å². The van der Waals surface area contributed by atoms with Crippen LogP contribution in [-0.2, 0) is 9.59 Å². The Labute approximate surface area is 248 Å². The first-order valence-electron chi connectivity index (χ1n) is 14.5. The van der Waals surface area contributed by atoms with Crippen LogP contribution in [0.4, 0.5) is 13.2 Å². The summed E-state index contributed by atoms with van der Waals surface area (Å²) in [6, 6.07) is 14.3. The minimum atomic E-state index is -5.08. The fourth-order valence-corrected chi connectivity index (χ4v) is 6.58. The summed E-state index contributed by atoms with van der Waals surface area (Å²) in [6.07, 6.45) is 3.86. The van der Waals surface area contributed by atoms with Crippen LogP contribution in [0.25, 0.3) is 11.1 Å². The molecule has 2 heterocycles. The number of halogens is 4. The summed E-state index contributed by atoms with van der Waals surface area (Å²) in [5.74, 6) is -1.88. The van der Waals surface area contributed by atoms with Gasteiger partial charge in [-0.3, -0.25) is 9.59 Å². The van der Waals surface area contributed by atoms with Crippen molar-refractivity contribution < 1.29 is 32.7 Å². The molecular weight excluding hydrogens is 571 g/mol. The standard InChI is InChI=1S/C29H36ClN3O2.C2HF3O2/c30-26-18-22(19-6-8-21(9-7-19)28(34)33-23-12-15-31-16-13-23)10-11-24(26)27(20-4-2-1-3-5-20)25-14-17-32-29(25)35;3-2(4,5)1(6)7/h6-11,18,20,23,25,27,31H,1-5,12-17H2,(H,32,35)(H,33,34);(H,6,7). The number of rotatable bonds is 6. The molecule has 228 valence electrons. The van der Waals surface area contributed by atoms with Gasteiger partial charge in [0.2, 0.25) is 5.91 Å². The topological polar surface area (TPSA) is 108 Å². The van der Waals surface area contributed by atoms with Gasteiger partial charge >= 0.3 is 12.1 Å². The van der Waals surface area contributed by atoms with Gasteiger partial charge in [0.15, 0.2) is 0 Å². The van der Waals surface area contributed by atoms with Crippen LogP contribution in [0.3, 0.4) is 0 Å². The lowest BCUT2D eigenvalue weighted by Crippen LogP contribution is -2.42. The van der Waals surface area contributed by atoms with Gasteiger partial charge in [-0.15, -0.1) is 0 Å². The van der Waals surface area contributed by atoms with Crippen molar-refractivity contribution in [3.8, 4) is 11.1 Å². The van der Waals surface area contributed by atoms with Crippen molar-refractivity contribution in [2.24, 2.45) is 11.8 Å². The average molecular weight is 608 g/mol. The molecule has 3 aliphatic rings. The molecule has 0 aromatic heterocycles. The predicted octanol–water partition coefficient (Wildman–Crippen LogP) is 5.92. The van der Waals surface area contributed by atoms with E-state index >= 15 is 0 Å². The highest BCUT2D eigenvalue weighted by molar-refractivity contribution is 6.31. The zero-order valence-corrected chi connectivity index (χ0v) is 24.1. The Morgan fingerprint density at radius 1 is 0.905 bits per heavy atom. The van der Waals surface area contributed by atoms with Crippen LogP contribution in [-0.4, -0.2) is 54.7 Å². The lowest BCUT2D eigenvalue weighted by molar-refractivity contribution is -0.192. The summed E-state index contributed by atoms with van der Waals surface area (Å²) < 4.78 is 31.7. The third kappa shape index (κ3) is 8.25. The van der Waals surface area contributed by atoms with Gasteiger partial charge in [-0.25, -0.2) is 4.79 Å². The maximum Gasteiger partial charge on any atom is 0.490 e. The molecule has 2 aromatic carbocycles. The molecule has 5 rings (SSSR count). The van der Waals surface area contributed by atoms with E-state index in [9.17, 15) is 22.8 Å². The molecule has 4 N–H and O–H groups in total. The largest absolute Gasteiger partial charge is 0.490 e. The Balaban J connectivity index is 0.000000517. The second-order valence-corrected chi connectivity index (χ2v) is 11.6. The first kappa shape index (κ1) is 31.8. The van der Waals surface area contributed by atoms with Crippen LogP contribution in [0.1, 0.15) is 73.2 Å². The number of alkyl halides is 3. The minimum absolute atomic E-state index is 0.0120. The summed E-state index contributed by atoms with van der Waals surface area (Å²) in [5.41, 5.74) is 3.86.